The van der Waals surface area contributed by atoms with Crippen LogP contribution in [0.2, 0.25) is 5.02 Å². The van der Waals surface area contributed by atoms with Gasteiger partial charge in [0.2, 0.25) is 10.0 Å². The highest BCUT2D eigenvalue weighted by Crippen LogP contribution is 2.29. The van der Waals surface area contributed by atoms with E-state index < -0.39 is 26.0 Å². The second kappa shape index (κ2) is 13.4. The maximum absolute atomic E-state index is 13.2. The van der Waals surface area contributed by atoms with Crippen molar-refractivity contribution in [2.45, 2.75) is 70.2 Å². The van der Waals surface area contributed by atoms with Crippen molar-refractivity contribution in [1.82, 2.24) is 13.6 Å². The van der Waals surface area contributed by atoms with Crippen molar-refractivity contribution in [2.24, 2.45) is 5.92 Å². The quantitative estimate of drug-likeness (QED) is 0.190. The van der Waals surface area contributed by atoms with Crippen molar-refractivity contribution in [3.63, 3.8) is 0 Å². The monoisotopic (exact) mass is 685 g/mol. The summed E-state index contributed by atoms with van der Waals surface area (Å²) in [6, 6.07) is 13.9. The molecule has 1 amide bonds. The Morgan fingerprint density at radius 3 is 2.26 bits per heavy atom. The number of aryl methyl sites for hydroxylation is 4. The number of benzene rings is 3. The Morgan fingerprint density at radius 1 is 0.957 bits per heavy atom. The minimum absolute atomic E-state index is 0.0209. The van der Waals surface area contributed by atoms with Gasteiger partial charge in [0.15, 0.2) is 0 Å². The molecule has 46 heavy (non-hydrogen) atoms. The number of ether oxygens (including phenoxy) is 1. The average Bonchev–Trinajstić information content (AvgIpc) is 3.25. The molecule has 3 aromatic carbocycles. The number of halogens is 1. The number of aromatic nitrogens is 1. The van der Waals surface area contributed by atoms with Crippen molar-refractivity contribution in [1.29, 1.82) is 0 Å². The van der Waals surface area contributed by atoms with Crippen molar-refractivity contribution in [3.05, 3.63) is 87.6 Å². The minimum Gasteiger partial charge on any atom is -0.494 e. The van der Waals surface area contributed by atoms with Gasteiger partial charge in [0.25, 0.3) is 15.9 Å². The zero-order valence-electron chi connectivity index (χ0n) is 26.8. The minimum atomic E-state index is -4.26. The van der Waals surface area contributed by atoms with Gasteiger partial charge in [-0.15, -0.1) is 0 Å². The van der Waals surface area contributed by atoms with Crippen molar-refractivity contribution < 1.29 is 26.4 Å². The SMILES string of the molecule is Cc1cc(OCCCn2c(C)c(C)c3ccc(C(=O)NS(=O)(=O)c4ccc(S(=O)(=O)N5CCC[C@H](C)C5)cc4)cc32)cc(C)c1Cl. The standard InChI is InChI=1S/C34H40ClN3O6S2/c1-22-8-6-15-37(21-22)46(42,43)30-12-10-29(11-13-30)45(40,41)36-34(39)27-9-14-31-25(4)26(5)38(32(31)20-27)16-7-17-44-28-18-23(2)33(35)24(3)19-28/h9-14,18-20,22H,6-8,15-17,21H2,1-5H3,(H,36,39)/t22-/m0/s1. The summed E-state index contributed by atoms with van der Waals surface area (Å²) in [7, 11) is -8.00. The lowest BCUT2D eigenvalue weighted by atomic mass is 10.0. The van der Waals surface area contributed by atoms with Crippen LogP contribution < -0.4 is 9.46 Å². The topological polar surface area (TPSA) is 115 Å². The van der Waals surface area contributed by atoms with Gasteiger partial charge >= 0.3 is 0 Å². The molecule has 12 heteroatoms. The Kier molecular flexibility index (Phi) is 9.89. The van der Waals surface area contributed by atoms with Gasteiger partial charge in [0.1, 0.15) is 5.75 Å². The first-order chi connectivity index (χ1) is 21.7. The first kappa shape index (κ1) is 34.0. The first-order valence-corrected chi connectivity index (χ1v) is 18.7. The number of fused-ring (bicyclic) bond motifs is 1. The fourth-order valence-corrected chi connectivity index (χ4v) is 8.71. The first-order valence-electron chi connectivity index (χ1n) is 15.4. The molecular formula is C34H40ClN3O6S2. The molecule has 1 saturated heterocycles. The van der Waals surface area contributed by atoms with Gasteiger partial charge in [0, 0.05) is 46.8 Å². The average molecular weight is 686 g/mol. The molecule has 0 bridgehead atoms. The molecule has 0 aliphatic carbocycles. The number of carbonyl (C=O) groups is 1. The van der Waals surface area contributed by atoms with Crippen LogP contribution in [0, 0.1) is 33.6 Å². The molecule has 0 saturated carbocycles. The summed E-state index contributed by atoms with van der Waals surface area (Å²) in [4.78, 5) is 13.0. The molecule has 2 heterocycles. The van der Waals surface area contributed by atoms with Crippen molar-refractivity contribution >= 4 is 48.5 Å². The van der Waals surface area contributed by atoms with Gasteiger partial charge in [0.05, 0.1) is 16.4 Å². The smallest absolute Gasteiger partial charge is 0.265 e. The molecular weight excluding hydrogens is 646 g/mol. The predicted octanol–water partition coefficient (Wildman–Crippen LogP) is 6.54. The van der Waals surface area contributed by atoms with Gasteiger partial charge in [-0.3, -0.25) is 4.79 Å². The van der Waals surface area contributed by atoms with E-state index in [2.05, 4.69) is 9.29 Å². The Labute approximate surface area is 276 Å². The van der Waals surface area contributed by atoms with E-state index in [0.29, 0.717) is 32.7 Å². The molecule has 5 rings (SSSR count). The Hall–Kier alpha value is -3.38. The molecule has 9 nitrogen and oxygen atoms in total. The number of hydrogen-bond donors (Lipinski definition) is 1. The lowest BCUT2D eigenvalue weighted by Gasteiger charge is -2.30. The summed E-state index contributed by atoms with van der Waals surface area (Å²) >= 11 is 6.27. The van der Waals surface area contributed by atoms with Crippen LogP contribution >= 0.6 is 11.6 Å². The number of hydrogen-bond acceptors (Lipinski definition) is 6. The van der Waals surface area contributed by atoms with Crippen LogP contribution in [0.15, 0.2) is 64.4 Å². The van der Waals surface area contributed by atoms with Gasteiger partial charge in [-0.1, -0.05) is 24.6 Å². The lowest BCUT2D eigenvalue weighted by Crippen LogP contribution is -2.39. The van der Waals surface area contributed by atoms with Gasteiger partial charge in [-0.2, -0.15) is 4.31 Å². The molecule has 0 radical (unpaired) electrons. The van der Waals surface area contributed by atoms with Crippen LogP contribution in [0.5, 0.6) is 5.75 Å². The summed E-state index contributed by atoms with van der Waals surface area (Å²) in [6.07, 6.45) is 2.46. The molecule has 1 fully saturated rings. The van der Waals surface area contributed by atoms with E-state index >= 15 is 0 Å². The van der Waals surface area contributed by atoms with Crippen LogP contribution in [0.4, 0.5) is 0 Å². The zero-order valence-corrected chi connectivity index (χ0v) is 29.2. The summed E-state index contributed by atoms with van der Waals surface area (Å²) in [5, 5.41) is 1.71. The van der Waals surface area contributed by atoms with E-state index in [1.54, 1.807) is 12.1 Å². The third kappa shape index (κ3) is 6.97. The van der Waals surface area contributed by atoms with E-state index in [1.165, 1.54) is 28.6 Å². The predicted molar refractivity (Wildman–Crippen MR) is 181 cm³/mol. The molecule has 1 N–H and O–H groups in total. The van der Waals surface area contributed by atoms with E-state index in [4.69, 9.17) is 16.3 Å². The zero-order chi connectivity index (χ0) is 33.4. The number of nitrogens with zero attached hydrogens (tertiary/aromatic N) is 2. The highest BCUT2D eigenvalue weighted by atomic mass is 35.5. The fraction of sp³-hybridized carbons (Fsp3) is 0.382. The van der Waals surface area contributed by atoms with E-state index in [9.17, 15) is 21.6 Å². The Balaban J connectivity index is 1.29. The summed E-state index contributed by atoms with van der Waals surface area (Å²) in [5.74, 6) is 0.245. The Bertz CT molecular complexity index is 1980. The van der Waals surface area contributed by atoms with Crippen molar-refractivity contribution in [3.8, 4) is 5.75 Å². The largest absolute Gasteiger partial charge is 0.494 e. The molecule has 246 valence electrons. The van der Waals surface area contributed by atoms with Crippen LogP contribution in [-0.2, 0) is 26.6 Å². The number of sulfonamides is 2. The molecule has 0 unspecified atom stereocenters. The van der Waals surface area contributed by atoms with E-state index in [0.717, 1.165) is 56.9 Å². The third-order valence-electron chi connectivity index (χ3n) is 8.73. The molecule has 0 spiro atoms. The van der Waals surface area contributed by atoms with E-state index in [-0.39, 0.29) is 21.3 Å². The summed E-state index contributed by atoms with van der Waals surface area (Å²) in [5.41, 5.74) is 5.05. The number of nitrogens with one attached hydrogen (secondary N) is 1. The molecule has 1 aliphatic heterocycles. The van der Waals surface area contributed by atoms with Crippen LogP contribution in [0.25, 0.3) is 10.9 Å². The normalized spacial score (nSPS) is 16.1. The maximum atomic E-state index is 13.2. The van der Waals surface area contributed by atoms with Crippen molar-refractivity contribution in [2.75, 3.05) is 19.7 Å². The van der Waals surface area contributed by atoms with Gasteiger partial charge < -0.3 is 9.30 Å². The highest BCUT2D eigenvalue weighted by molar-refractivity contribution is 7.90. The number of carbonyl (C=O) groups excluding carboxylic acids is 1. The fourth-order valence-electron chi connectivity index (χ4n) is 6.03. The molecule has 4 aromatic rings. The summed E-state index contributed by atoms with van der Waals surface area (Å²) < 4.78 is 64.2. The van der Waals surface area contributed by atoms with Crippen LogP contribution in [0.1, 0.15) is 58.9 Å². The summed E-state index contributed by atoms with van der Waals surface area (Å²) in [6.45, 7) is 11.9. The van der Waals surface area contributed by atoms with Gasteiger partial charge in [-0.05, 0) is 118 Å². The van der Waals surface area contributed by atoms with E-state index in [1.807, 2.05) is 52.8 Å². The number of rotatable bonds is 10. The number of piperidine rings is 1. The number of amides is 1. The second-order valence-corrected chi connectivity index (χ2v) is 16.2. The highest BCUT2D eigenvalue weighted by Gasteiger charge is 2.29. The lowest BCUT2D eigenvalue weighted by molar-refractivity contribution is 0.0981. The Morgan fingerprint density at radius 2 is 1.61 bits per heavy atom. The maximum Gasteiger partial charge on any atom is 0.265 e. The molecule has 1 aromatic heterocycles. The van der Waals surface area contributed by atoms with Crippen LogP contribution in [0.3, 0.4) is 0 Å². The molecule has 1 atom stereocenters. The molecule has 1 aliphatic rings. The third-order valence-corrected chi connectivity index (χ3v) is 12.5. The van der Waals surface area contributed by atoms with Gasteiger partial charge in [-0.25, -0.2) is 21.6 Å². The second-order valence-electron chi connectivity index (χ2n) is 12.2. The van der Waals surface area contributed by atoms with Crippen LogP contribution in [-0.4, -0.2) is 51.3 Å².